The van der Waals surface area contributed by atoms with Crippen molar-refractivity contribution in [1.29, 1.82) is 0 Å². The molecule has 1 heterocycles. The van der Waals surface area contributed by atoms with Gasteiger partial charge in [-0.2, -0.15) is 0 Å². The van der Waals surface area contributed by atoms with Crippen LogP contribution >= 0.6 is 0 Å². The van der Waals surface area contributed by atoms with Gasteiger partial charge in [0.2, 0.25) is 0 Å². The molecule has 0 aliphatic carbocycles. The lowest BCUT2D eigenvalue weighted by Gasteiger charge is -2.21. The van der Waals surface area contributed by atoms with Crippen LogP contribution in [0.25, 0.3) is 0 Å². The molecule has 0 spiro atoms. The highest BCUT2D eigenvalue weighted by molar-refractivity contribution is 5.94. The highest BCUT2D eigenvalue weighted by atomic mass is 16.6. The van der Waals surface area contributed by atoms with Crippen LogP contribution in [0.2, 0.25) is 0 Å². The van der Waals surface area contributed by atoms with Crippen LogP contribution in [0, 0.1) is 10.1 Å². The summed E-state index contributed by atoms with van der Waals surface area (Å²) in [6.45, 7) is 5.15. The molecule has 0 amide bonds. The van der Waals surface area contributed by atoms with E-state index >= 15 is 0 Å². The maximum Gasteiger partial charge on any atom is 0.269 e. The van der Waals surface area contributed by atoms with Gasteiger partial charge in [0, 0.05) is 23.9 Å². The number of nitrogens with zero attached hydrogens (tertiary/aromatic N) is 2. The Bertz CT molecular complexity index is 761. The minimum absolute atomic E-state index is 0.0846. The maximum atomic E-state index is 11.7. The van der Waals surface area contributed by atoms with Gasteiger partial charge in [0.15, 0.2) is 12.1 Å². The number of carbonyl (C=O) groups excluding carboxylic acids is 2. The van der Waals surface area contributed by atoms with Gasteiger partial charge >= 0.3 is 0 Å². The van der Waals surface area contributed by atoms with Gasteiger partial charge in [0.25, 0.3) is 5.69 Å². The Morgan fingerprint density at radius 3 is 2.68 bits per heavy atom. The lowest BCUT2D eigenvalue weighted by Crippen LogP contribution is -2.18. The zero-order valence-electron chi connectivity index (χ0n) is 11.9. The number of aromatic nitrogens is 1. The number of nitro benzene ring substituents is 1. The Balaban J connectivity index is 2.61. The molecule has 1 aromatic heterocycles. The first kappa shape index (κ1) is 15.4. The van der Waals surface area contributed by atoms with Gasteiger partial charge in [-0.05, 0) is 24.6 Å². The number of hydrogen-bond acceptors (Lipinski definition) is 4. The summed E-state index contributed by atoms with van der Waals surface area (Å²) in [5, 5.41) is 10.9. The molecule has 0 radical (unpaired) electrons. The second kappa shape index (κ2) is 6.17. The molecule has 112 valence electrons. The molecule has 2 rings (SSSR count). The van der Waals surface area contributed by atoms with Crippen molar-refractivity contribution in [2.75, 3.05) is 0 Å². The predicted molar refractivity (Wildman–Crippen MR) is 80.9 cm³/mol. The Morgan fingerprint density at radius 2 is 2.09 bits per heavy atom. The number of Topliss-reactive ketones (excluding diaryl/α,β-unsaturated/α-hetero) is 1. The number of non-ortho nitro benzene ring substituents is 1. The van der Waals surface area contributed by atoms with Crippen LogP contribution in [0.5, 0.6) is 0 Å². The maximum absolute atomic E-state index is 11.7. The summed E-state index contributed by atoms with van der Waals surface area (Å²) in [6, 6.07) is 8.57. The molecule has 0 aliphatic rings. The van der Waals surface area contributed by atoms with E-state index in [1.165, 1.54) is 25.1 Å². The normalized spacial score (nSPS) is 11.7. The van der Waals surface area contributed by atoms with E-state index in [4.69, 9.17) is 0 Å². The third-order valence-corrected chi connectivity index (χ3v) is 3.39. The van der Waals surface area contributed by atoms with Crippen molar-refractivity contribution in [3.05, 3.63) is 76.1 Å². The molecule has 1 unspecified atom stereocenters. The standard InChI is InChI=1S/C16H14N2O4/c1-11(12(2)20)16(17-8-4-7-15(17)10-19)13-5-3-6-14(9-13)18(21)22/h3-10,16H,1H2,2H3. The van der Waals surface area contributed by atoms with E-state index in [0.29, 0.717) is 17.5 Å². The Kier molecular flexibility index (Phi) is 4.31. The van der Waals surface area contributed by atoms with Gasteiger partial charge in [-0.25, -0.2) is 0 Å². The number of hydrogen-bond donors (Lipinski definition) is 0. The molecule has 6 heteroatoms. The number of nitro groups is 1. The Labute approximate surface area is 126 Å². The van der Waals surface area contributed by atoms with Crippen LogP contribution in [0.1, 0.15) is 29.0 Å². The van der Waals surface area contributed by atoms with E-state index in [0.717, 1.165) is 0 Å². The molecule has 0 N–H and O–H groups in total. The highest BCUT2D eigenvalue weighted by Gasteiger charge is 2.23. The van der Waals surface area contributed by atoms with Crippen molar-refractivity contribution in [3.63, 3.8) is 0 Å². The molecular weight excluding hydrogens is 284 g/mol. The number of aldehydes is 1. The van der Waals surface area contributed by atoms with Gasteiger partial charge in [-0.3, -0.25) is 19.7 Å². The number of ketones is 1. The molecule has 6 nitrogen and oxygen atoms in total. The lowest BCUT2D eigenvalue weighted by atomic mass is 9.96. The lowest BCUT2D eigenvalue weighted by molar-refractivity contribution is -0.384. The second-order valence-electron chi connectivity index (χ2n) is 4.79. The summed E-state index contributed by atoms with van der Waals surface area (Å²) in [5.74, 6) is -0.248. The van der Waals surface area contributed by atoms with Crippen LogP contribution in [-0.4, -0.2) is 21.6 Å². The summed E-state index contributed by atoms with van der Waals surface area (Å²) >= 11 is 0. The van der Waals surface area contributed by atoms with E-state index in [9.17, 15) is 19.7 Å². The zero-order chi connectivity index (χ0) is 16.3. The smallest absolute Gasteiger partial charge is 0.269 e. The fourth-order valence-corrected chi connectivity index (χ4v) is 2.27. The molecule has 1 aromatic carbocycles. The third kappa shape index (κ3) is 2.85. The number of rotatable bonds is 6. The molecule has 2 aromatic rings. The predicted octanol–water partition coefficient (Wildman–Crippen LogP) is 2.94. The second-order valence-corrected chi connectivity index (χ2v) is 4.79. The molecule has 22 heavy (non-hydrogen) atoms. The van der Waals surface area contributed by atoms with Crippen molar-refractivity contribution >= 4 is 17.8 Å². The molecular formula is C16H14N2O4. The van der Waals surface area contributed by atoms with Crippen LogP contribution < -0.4 is 0 Å². The van der Waals surface area contributed by atoms with Gasteiger partial charge in [0.05, 0.1) is 16.7 Å². The Morgan fingerprint density at radius 1 is 1.36 bits per heavy atom. The first-order valence-corrected chi connectivity index (χ1v) is 6.51. The minimum atomic E-state index is -0.660. The fourth-order valence-electron chi connectivity index (χ4n) is 2.27. The summed E-state index contributed by atoms with van der Waals surface area (Å²) in [7, 11) is 0. The van der Waals surface area contributed by atoms with Crippen LogP contribution in [0.15, 0.2) is 54.7 Å². The summed E-state index contributed by atoms with van der Waals surface area (Å²) in [5.41, 5.74) is 1.05. The molecule has 0 fully saturated rings. The van der Waals surface area contributed by atoms with E-state index < -0.39 is 11.0 Å². The molecule has 0 saturated heterocycles. The van der Waals surface area contributed by atoms with Crippen molar-refractivity contribution < 1.29 is 14.5 Å². The Hall–Kier alpha value is -3.02. The zero-order valence-corrected chi connectivity index (χ0v) is 11.9. The quantitative estimate of drug-likeness (QED) is 0.355. The summed E-state index contributed by atoms with van der Waals surface area (Å²) in [4.78, 5) is 33.3. The largest absolute Gasteiger partial charge is 0.334 e. The van der Waals surface area contributed by atoms with E-state index in [-0.39, 0.29) is 17.0 Å². The molecule has 0 saturated carbocycles. The van der Waals surface area contributed by atoms with Crippen molar-refractivity contribution in [3.8, 4) is 0 Å². The van der Waals surface area contributed by atoms with Gasteiger partial charge < -0.3 is 4.57 Å². The van der Waals surface area contributed by atoms with Crippen molar-refractivity contribution in [1.82, 2.24) is 4.57 Å². The minimum Gasteiger partial charge on any atom is -0.334 e. The van der Waals surface area contributed by atoms with E-state index in [1.807, 2.05) is 0 Å². The SMILES string of the molecule is C=C(C(C)=O)C(c1cccc([N+](=O)[O-])c1)n1cccc1C=O. The average Bonchev–Trinajstić information content (AvgIpc) is 2.95. The number of allylic oxidation sites excluding steroid dienone is 1. The third-order valence-electron chi connectivity index (χ3n) is 3.39. The van der Waals surface area contributed by atoms with Crippen LogP contribution in [0.3, 0.4) is 0 Å². The molecule has 0 aliphatic heterocycles. The molecule has 1 atom stereocenters. The van der Waals surface area contributed by atoms with Gasteiger partial charge in [-0.15, -0.1) is 0 Å². The topological polar surface area (TPSA) is 82.2 Å². The average molecular weight is 298 g/mol. The molecule has 0 bridgehead atoms. The van der Waals surface area contributed by atoms with E-state index in [2.05, 4.69) is 6.58 Å². The van der Waals surface area contributed by atoms with Gasteiger partial charge in [0.1, 0.15) is 0 Å². The first-order valence-electron chi connectivity index (χ1n) is 6.51. The fraction of sp³-hybridized carbons (Fsp3) is 0.125. The summed E-state index contributed by atoms with van der Waals surface area (Å²) < 4.78 is 1.58. The van der Waals surface area contributed by atoms with E-state index in [1.54, 1.807) is 29.0 Å². The van der Waals surface area contributed by atoms with Crippen molar-refractivity contribution in [2.24, 2.45) is 0 Å². The number of carbonyl (C=O) groups is 2. The van der Waals surface area contributed by atoms with Crippen LogP contribution in [0.4, 0.5) is 5.69 Å². The van der Waals surface area contributed by atoms with Crippen LogP contribution in [-0.2, 0) is 4.79 Å². The summed E-state index contributed by atoms with van der Waals surface area (Å²) in [6.07, 6.45) is 2.30. The number of benzene rings is 1. The highest BCUT2D eigenvalue weighted by Crippen LogP contribution is 2.29. The van der Waals surface area contributed by atoms with Crippen molar-refractivity contribution in [2.45, 2.75) is 13.0 Å². The first-order chi connectivity index (χ1) is 10.5. The van der Waals surface area contributed by atoms with Gasteiger partial charge in [-0.1, -0.05) is 18.7 Å². The monoisotopic (exact) mass is 298 g/mol.